The zero-order valence-electron chi connectivity index (χ0n) is 20.5. The summed E-state index contributed by atoms with van der Waals surface area (Å²) >= 11 is 1.36. The second kappa shape index (κ2) is 10.1. The van der Waals surface area contributed by atoms with Gasteiger partial charge < -0.3 is 15.0 Å². The van der Waals surface area contributed by atoms with E-state index in [1.807, 2.05) is 61.2 Å². The standard InChI is InChI=1S/C26H28N6O3S/c1-17-8-9-18(2)21(14-17)28-25(34)31-12-10-30(11-13-31)16-19-15-23(33)32-26(27-19)36-24(29-32)20-6-4-5-7-22(20)35-3/h4-9,14-15H,10-13,16H2,1-3H3,(H,28,34). The molecule has 1 fully saturated rings. The van der Waals surface area contributed by atoms with Crippen LogP contribution in [-0.2, 0) is 6.54 Å². The van der Waals surface area contributed by atoms with E-state index in [1.165, 1.54) is 15.9 Å². The average Bonchev–Trinajstić information content (AvgIpc) is 3.31. The number of ether oxygens (including phenoxy) is 1. The number of fused-ring (bicyclic) bond motifs is 1. The van der Waals surface area contributed by atoms with Crippen molar-refractivity contribution in [2.24, 2.45) is 0 Å². The summed E-state index contributed by atoms with van der Waals surface area (Å²) in [5, 5.41) is 8.18. The van der Waals surface area contributed by atoms with Gasteiger partial charge in [0.05, 0.1) is 18.4 Å². The van der Waals surface area contributed by atoms with E-state index in [0.717, 1.165) is 22.4 Å². The van der Waals surface area contributed by atoms with Crippen molar-refractivity contribution in [3.8, 4) is 16.3 Å². The molecule has 1 aliphatic rings. The van der Waals surface area contributed by atoms with Crippen LogP contribution in [0.5, 0.6) is 5.75 Å². The van der Waals surface area contributed by atoms with Gasteiger partial charge in [0.15, 0.2) is 5.01 Å². The third-order valence-corrected chi connectivity index (χ3v) is 7.26. The molecule has 0 atom stereocenters. The van der Waals surface area contributed by atoms with E-state index in [1.54, 1.807) is 13.2 Å². The topological polar surface area (TPSA) is 92.1 Å². The summed E-state index contributed by atoms with van der Waals surface area (Å²) < 4.78 is 6.78. The molecule has 186 valence electrons. The van der Waals surface area contributed by atoms with Crippen LogP contribution in [0.25, 0.3) is 15.5 Å². The van der Waals surface area contributed by atoms with Gasteiger partial charge in [-0.05, 0) is 43.2 Å². The molecule has 2 aromatic carbocycles. The summed E-state index contributed by atoms with van der Waals surface area (Å²) in [6, 6.07) is 15.1. The van der Waals surface area contributed by atoms with E-state index >= 15 is 0 Å². The van der Waals surface area contributed by atoms with E-state index < -0.39 is 0 Å². The minimum absolute atomic E-state index is 0.0883. The van der Waals surface area contributed by atoms with Crippen molar-refractivity contribution in [2.45, 2.75) is 20.4 Å². The quantitative estimate of drug-likeness (QED) is 0.445. The summed E-state index contributed by atoms with van der Waals surface area (Å²) in [6.07, 6.45) is 0. The molecule has 2 aromatic heterocycles. The number of aryl methyl sites for hydroxylation is 2. The summed E-state index contributed by atoms with van der Waals surface area (Å²) in [5.41, 5.74) is 4.31. The van der Waals surface area contributed by atoms with Crippen LogP contribution in [0.2, 0.25) is 0 Å². The molecule has 2 amide bonds. The van der Waals surface area contributed by atoms with Gasteiger partial charge in [0, 0.05) is 44.5 Å². The molecule has 5 rings (SSSR count). The molecule has 1 aliphatic heterocycles. The first kappa shape index (κ1) is 24.0. The van der Waals surface area contributed by atoms with Gasteiger partial charge in [-0.2, -0.15) is 9.61 Å². The predicted molar refractivity (Wildman–Crippen MR) is 141 cm³/mol. The highest BCUT2D eigenvalue weighted by atomic mass is 32.1. The van der Waals surface area contributed by atoms with Gasteiger partial charge >= 0.3 is 6.03 Å². The van der Waals surface area contributed by atoms with Crippen molar-refractivity contribution in [3.05, 3.63) is 75.7 Å². The van der Waals surface area contributed by atoms with Gasteiger partial charge in [-0.3, -0.25) is 9.69 Å². The Morgan fingerprint density at radius 1 is 1.08 bits per heavy atom. The second-order valence-electron chi connectivity index (χ2n) is 8.90. The largest absolute Gasteiger partial charge is 0.496 e. The monoisotopic (exact) mass is 504 g/mol. The Balaban J connectivity index is 1.25. The van der Waals surface area contributed by atoms with Gasteiger partial charge in [0.2, 0.25) is 4.96 Å². The molecule has 0 bridgehead atoms. The third kappa shape index (κ3) is 4.95. The highest BCUT2D eigenvalue weighted by Crippen LogP contribution is 2.32. The molecular weight excluding hydrogens is 476 g/mol. The Morgan fingerprint density at radius 3 is 2.64 bits per heavy atom. The maximum absolute atomic E-state index is 12.8. The van der Waals surface area contributed by atoms with Gasteiger partial charge in [0.1, 0.15) is 5.75 Å². The molecule has 0 radical (unpaired) electrons. The maximum Gasteiger partial charge on any atom is 0.321 e. The number of benzene rings is 2. The second-order valence-corrected chi connectivity index (χ2v) is 9.86. The average molecular weight is 505 g/mol. The molecule has 0 unspecified atom stereocenters. The van der Waals surface area contributed by atoms with Crippen LogP contribution >= 0.6 is 11.3 Å². The number of para-hydroxylation sites is 1. The molecule has 0 aliphatic carbocycles. The van der Waals surface area contributed by atoms with Crippen molar-refractivity contribution < 1.29 is 9.53 Å². The van der Waals surface area contributed by atoms with E-state index in [-0.39, 0.29) is 11.6 Å². The van der Waals surface area contributed by atoms with E-state index in [9.17, 15) is 9.59 Å². The maximum atomic E-state index is 12.8. The number of amides is 2. The highest BCUT2D eigenvalue weighted by molar-refractivity contribution is 7.19. The Labute approximate surface area is 213 Å². The number of carbonyl (C=O) groups excluding carboxylic acids is 1. The lowest BCUT2D eigenvalue weighted by atomic mass is 10.1. The van der Waals surface area contributed by atoms with Crippen molar-refractivity contribution in [1.82, 2.24) is 24.4 Å². The van der Waals surface area contributed by atoms with Crippen molar-refractivity contribution in [1.29, 1.82) is 0 Å². The first-order valence-corrected chi connectivity index (χ1v) is 12.6. The van der Waals surface area contributed by atoms with Crippen LogP contribution in [-0.4, -0.2) is 63.7 Å². The number of rotatable bonds is 5. The molecule has 1 N–H and O–H groups in total. The number of hydrogen-bond acceptors (Lipinski definition) is 7. The number of urea groups is 1. The van der Waals surface area contributed by atoms with Gasteiger partial charge in [0.25, 0.3) is 5.56 Å². The van der Waals surface area contributed by atoms with Crippen LogP contribution in [0.15, 0.2) is 53.3 Å². The Kier molecular flexibility index (Phi) is 6.71. The highest BCUT2D eigenvalue weighted by Gasteiger charge is 2.22. The molecule has 10 heteroatoms. The minimum Gasteiger partial charge on any atom is -0.496 e. The number of aromatic nitrogens is 3. The van der Waals surface area contributed by atoms with E-state index in [4.69, 9.17) is 9.72 Å². The van der Waals surface area contributed by atoms with Crippen LogP contribution in [0, 0.1) is 13.8 Å². The number of carbonyl (C=O) groups is 1. The minimum atomic E-state index is -0.209. The lowest BCUT2D eigenvalue weighted by molar-refractivity contribution is 0.142. The van der Waals surface area contributed by atoms with Gasteiger partial charge in [-0.25, -0.2) is 9.78 Å². The zero-order valence-corrected chi connectivity index (χ0v) is 21.3. The zero-order chi connectivity index (χ0) is 25.2. The number of piperazine rings is 1. The van der Waals surface area contributed by atoms with Crippen LogP contribution in [0.1, 0.15) is 16.8 Å². The Bertz CT molecular complexity index is 1470. The molecule has 36 heavy (non-hydrogen) atoms. The summed E-state index contributed by atoms with van der Waals surface area (Å²) in [6.45, 7) is 7.16. The van der Waals surface area contributed by atoms with Crippen molar-refractivity contribution >= 4 is 28.0 Å². The van der Waals surface area contributed by atoms with E-state index in [2.05, 4.69) is 15.3 Å². The first-order valence-electron chi connectivity index (χ1n) is 11.8. The van der Waals surface area contributed by atoms with E-state index in [0.29, 0.717) is 54.1 Å². The number of anilines is 1. The summed E-state index contributed by atoms with van der Waals surface area (Å²) in [7, 11) is 1.61. The van der Waals surface area contributed by atoms with Crippen molar-refractivity contribution in [3.63, 3.8) is 0 Å². The van der Waals surface area contributed by atoms with Crippen LogP contribution in [0.4, 0.5) is 10.5 Å². The molecular formula is C26H28N6O3S. The molecule has 3 heterocycles. The Hall–Kier alpha value is -3.76. The normalized spacial score (nSPS) is 14.2. The molecule has 4 aromatic rings. The first-order chi connectivity index (χ1) is 17.4. The summed E-state index contributed by atoms with van der Waals surface area (Å²) in [5.74, 6) is 0.698. The predicted octanol–water partition coefficient (Wildman–Crippen LogP) is 3.79. The molecule has 0 spiro atoms. The van der Waals surface area contributed by atoms with Crippen LogP contribution in [0.3, 0.4) is 0 Å². The molecule has 0 saturated carbocycles. The molecule has 1 saturated heterocycles. The lowest BCUT2D eigenvalue weighted by Gasteiger charge is -2.34. The molecule has 9 nitrogen and oxygen atoms in total. The fraction of sp³-hybridized carbons (Fsp3) is 0.308. The van der Waals surface area contributed by atoms with Crippen molar-refractivity contribution in [2.75, 3.05) is 38.6 Å². The van der Waals surface area contributed by atoms with Gasteiger partial charge in [-0.1, -0.05) is 35.6 Å². The Morgan fingerprint density at radius 2 is 1.86 bits per heavy atom. The lowest BCUT2D eigenvalue weighted by Crippen LogP contribution is -2.49. The SMILES string of the molecule is COc1ccccc1-c1nn2c(=O)cc(CN3CCN(C(=O)Nc4cc(C)ccc4C)CC3)nc2s1. The smallest absolute Gasteiger partial charge is 0.321 e. The van der Waals surface area contributed by atoms with Gasteiger partial charge in [-0.15, -0.1) is 0 Å². The van der Waals surface area contributed by atoms with Crippen LogP contribution < -0.4 is 15.6 Å². The summed E-state index contributed by atoms with van der Waals surface area (Å²) in [4.78, 5) is 34.8. The number of methoxy groups -OCH3 is 1. The fourth-order valence-electron chi connectivity index (χ4n) is 4.27. The number of nitrogens with zero attached hydrogens (tertiary/aromatic N) is 5. The fourth-order valence-corrected chi connectivity index (χ4v) is 5.22. The number of nitrogens with one attached hydrogen (secondary N) is 1. The third-order valence-electron chi connectivity index (χ3n) is 6.32. The number of hydrogen-bond donors (Lipinski definition) is 1.